The van der Waals surface area contributed by atoms with Crippen molar-refractivity contribution in [2.45, 2.75) is 6.54 Å². The Morgan fingerprint density at radius 3 is 2.25 bits per heavy atom. The van der Waals surface area contributed by atoms with Crippen molar-refractivity contribution in [2.24, 2.45) is 0 Å². The Labute approximate surface area is 121 Å². The van der Waals surface area contributed by atoms with Crippen molar-refractivity contribution in [3.63, 3.8) is 0 Å². The normalized spacial score (nSPS) is 10.4. The molecule has 0 saturated carbocycles. The highest BCUT2D eigenvalue weighted by Gasteiger charge is 2.16. The van der Waals surface area contributed by atoms with Gasteiger partial charge >= 0.3 is 0 Å². The van der Waals surface area contributed by atoms with Gasteiger partial charge in [-0.1, -0.05) is 11.3 Å². The Hall–Kier alpha value is -1.86. The third-order valence-electron chi connectivity index (χ3n) is 2.73. The van der Waals surface area contributed by atoms with Crippen LogP contribution in [0.5, 0.6) is 17.2 Å². The summed E-state index contributed by atoms with van der Waals surface area (Å²) >= 11 is 1.51. The van der Waals surface area contributed by atoms with E-state index in [4.69, 9.17) is 14.2 Å². The van der Waals surface area contributed by atoms with Gasteiger partial charge in [-0.05, 0) is 13.1 Å². The molecule has 1 N–H and O–H groups in total. The Kier molecular flexibility index (Phi) is 4.75. The molecular weight excluding hydrogens is 278 g/mol. The number of nitrogens with zero attached hydrogens (tertiary/aromatic N) is 2. The van der Waals surface area contributed by atoms with Gasteiger partial charge < -0.3 is 19.5 Å². The lowest BCUT2D eigenvalue weighted by atomic mass is 10.2. The van der Waals surface area contributed by atoms with Crippen LogP contribution in [0.4, 0.5) is 0 Å². The second-order valence-corrected chi connectivity index (χ2v) is 5.00. The second-order valence-electron chi connectivity index (χ2n) is 3.94. The zero-order chi connectivity index (χ0) is 14.5. The van der Waals surface area contributed by atoms with E-state index in [1.807, 2.05) is 13.1 Å². The summed E-state index contributed by atoms with van der Waals surface area (Å²) in [6, 6.07) is 3.63. The average Bonchev–Trinajstić information content (AvgIpc) is 2.94. The van der Waals surface area contributed by atoms with Crippen molar-refractivity contribution in [3.8, 4) is 27.8 Å². The zero-order valence-electron chi connectivity index (χ0n) is 11.9. The highest BCUT2D eigenvalue weighted by atomic mass is 32.1. The lowest BCUT2D eigenvalue weighted by Gasteiger charge is -2.12. The minimum absolute atomic E-state index is 0.619. The molecule has 0 aliphatic heterocycles. The second kappa shape index (κ2) is 6.53. The monoisotopic (exact) mass is 295 g/mol. The summed E-state index contributed by atoms with van der Waals surface area (Å²) in [5, 5.41) is 13.1. The van der Waals surface area contributed by atoms with Crippen LogP contribution in [0.1, 0.15) is 5.01 Å². The van der Waals surface area contributed by atoms with Gasteiger partial charge in [-0.3, -0.25) is 0 Å². The third kappa shape index (κ3) is 2.83. The number of hydrogen-bond donors (Lipinski definition) is 1. The minimum atomic E-state index is 0.619. The molecule has 1 aromatic carbocycles. The highest BCUT2D eigenvalue weighted by molar-refractivity contribution is 7.14. The van der Waals surface area contributed by atoms with Crippen LogP contribution in [0.2, 0.25) is 0 Å². The van der Waals surface area contributed by atoms with E-state index in [-0.39, 0.29) is 0 Å². The molecule has 0 aliphatic rings. The first kappa shape index (κ1) is 14.5. The number of ether oxygens (including phenoxy) is 3. The first-order valence-corrected chi connectivity index (χ1v) is 6.82. The van der Waals surface area contributed by atoms with E-state index in [9.17, 15) is 0 Å². The molecule has 7 heteroatoms. The van der Waals surface area contributed by atoms with E-state index in [1.54, 1.807) is 27.4 Å². The van der Waals surface area contributed by atoms with E-state index in [2.05, 4.69) is 15.5 Å². The molecule has 0 saturated heterocycles. The molecule has 0 atom stereocenters. The minimum Gasteiger partial charge on any atom is -0.496 e. The maximum Gasteiger partial charge on any atom is 0.164 e. The van der Waals surface area contributed by atoms with E-state index < -0.39 is 0 Å². The molecule has 20 heavy (non-hydrogen) atoms. The van der Waals surface area contributed by atoms with Gasteiger partial charge in [0.15, 0.2) is 16.5 Å². The fraction of sp³-hybridized carbons (Fsp3) is 0.385. The van der Waals surface area contributed by atoms with Gasteiger partial charge in [-0.2, -0.15) is 0 Å². The van der Waals surface area contributed by atoms with Gasteiger partial charge in [0.05, 0.1) is 26.9 Å². The lowest BCUT2D eigenvalue weighted by Crippen LogP contribution is -2.04. The third-order valence-corrected chi connectivity index (χ3v) is 3.69. The van der Waals surface area contributed by atoms with E-state index in [1.165, 1.54) is 11.3 Å². The first-order valence-electron chi connectivity index (χ1n) is 6.00. The molecular formula is C13H17N3O3S. The summed E-state index contributed by atoms with van der Waals surface area (Å²) in [4.78, 5) is 0. The average molecular weight is 295 g/mol. The molecule has 108 valence electrons. The first-order chi connectivity index (χ1) is 9.73. The topological polar surface area (TPSA) is 65.5 Å². The van der Waals surface area contributed by atoms with Gasteiger partial charge in [0.25, 0.3) is 0 Å². The number of aromatic nitrogens is 2. The van der Waals surface area contributed by atoms with Crippen LogP contribution in [0.3, 0.4) is 0 Å². The van der Waals surface area contributed by atoms with Crippen LogP contribution in [-0.4, -0.2) is 38.6 Å². The maximum atomic E-state index is 5.40. The molecule has 2 aromatic rings. The summed E-state index contributed by atoms with van der Waals surface area (Å²) < 4.78 is 16.0. The molecule has 1 aromatic heterocycles. The summed E-state index contributed by atoms with van der Waals surface area (Å²) in [7, 11) is 6.67. The Morgan fingerprint density at radius 1 is 1.00 bits per heavy atom. The molecule has 0 unspecified atom stereocenters. The number of benzene rings is 1. The Balaban J connectivity index is 2.47. The van der Waals surface area contributed by atoms with Gasteiger partial charge in [0.2, 0.25) is 0 Å². The molecule has 0 amide bonds. The molecule has 0 spiro atoms. The largest absolute Gasteiger partial charge is 0.496 e. The van der Waals surface area contributed by atoms with Crippen molar-refractivity contribution < 1.29 is 14.2 Å². The number of methoxy groups -OCH3 is 3. The SMILES string of the molecule is CNCc1nnc(-c2cc(OC)c(OC)cc2OC)s1. The van der Waals surface area contributed by atoms with Crippen molar-refractivity contribution in [1.82, 2.24) is 15.5 Å². The van der Waals surface area contributed by atoms with Crippen LogP contribution in [0.25, 0.3) is 10.6 Å². The van der Waals surface area contributed by atoms with Crippen molar-refractivity contribution >= 4 is 11.3 Å². The zero-order valence-corrected chi connectivity index (χ0v) is 12.7. The molecule has 2 rings (SSSR count). The van der Waals surface area contributed by atoms with Gasteiger partial charge in [-0.15, -0.1) is 10.2 Å². The van der Waals surface area contributed by atoms with E-state index >= 15 is 0 Å². The molecule has 0 fully saturated rings. The summed E-state index contributed by atoms with van der Waals surface area (Å²) in [5.74, 6) is 1.93. The standard InChI is InChI=1S/C13H17N3O3S/c1-14-7-12-15-16-13(20-12)8-5-10(18-3)11(19-4)6-9(8)17-2/h5-6,14H,7H2,1-4H3. The van der Waals surface area contributed by atoms with Crippen LogP contribution in [0, 0.1) is 0 Å². The Bertz CT molecular complexity index is 586. The van der Waals surface area contributed by atoms with Crippen LogP contribution in [-0.2, 0) is 6.54 Å². The number of rotatable bonds is 6. The smallest absolute Gasteiger partial charge is 0.164 e. The van der Waals surface area contributed by atoms with Gasteiger partial charge in [0, 0.05) is 12.6 Å². The predicted molar refractivity (Wildman–Crippen MR) is 77.8 cm³/mol. The van der Waals surface area contributed by atoms with E-state index in [0.29, 0.717) is 23.8 Å². The maximum absolute atomic E-state index is 5.40. The Morgan fingerprint density at radius 2 is 1.65 bits per heavy atom. The summed E-state index contributed by atoms with van der Waals surface area (Å²) in [6.07, 6.45) is 0. The van der Waals surface area contributed by atoms with Crippen LogP contribution in [0.15, 0.2) is 12.1 Å². The van der Waals surface area contributed by atoms with Crippen molar-refractivity contribution in [2.75, 3.05) is 28.4 Å². The van der Waals surface area contributed by atoms with Crippen LogP contribution < -0.4 is 19.5 Å². The van der Waals surface area contributed by atoms with E-state index in [0.717, 1.165) is 15.6 Å². The fourth-order valence-electron chi connectivity index (χ4n) is 1.78. The van der Waals surface area contributed by atoms with Crippen LogP contribution >= 0.6 is 11.3 Å². The molecule has 6 nitrogen and oxygen atoms in total. The highest BCUT2D eigenvalue weighted by Crippen LogP contribution is 2.40. The molecule has 0 radical (unpaired) electrons. The van der Waals surface area contributed by atoms with Crippen molar-refractivity contribution in [3.05, 3.63) is 17.1 Å². The summed E-state index contributed by atoms with van der Waals surface area (Å²) in [5.41, 5.74) is 0.838. The van der Waals surface area contributed by atoms with Gasteiger partial charge in [-0.25, -0.2) is 0 Å². The van der Waals surface area contributed by atoms with Crippen molar-refractivity contribution in [1.29, 1.82) is 0 Å². The molecule has 1 heterocycles. The number of nitrogens with one attached hydrogen (secondary N) is 1. The lowest BCUT2D eigenvalue weighted by molar-refractivity contribution is 0.349. The molecule has 0 bridgehead atoms. The van der Waals surface area contributed by atoms with Gasteiger partial charge in [0.1, 0.15) is 10.8 Å². The summed E-state index contributed by atoms with van der Waals surface area (Å²) in [6.45, 7) is 0.688. The molecule has 0 aliphatic carbocycles. The fourth-order valence-corrected chi connectivity index (χ4v) is 2.65. The predicted octanol–water partition coefficient (Wildman–Crippen LogP) is 1.95. The number of hydrogen-bond acceptors (Lipinski definition) is 7. The quantitative estimate of drug-likeness (QED) is 0.878.